The van der Waals surface area contributed by atoms with Crippen LogP contribution in [0, 0.1) is 6.92 Å². The molecule has 0 saturated carbocycles. The lowest BCUT2D eigenvalue weighted by atomic mass is 9.95. The highest BCUT2D eigenvalue weighted by Gasteiger charge is 2.14. The number of benzene rings is 2. The number of rotatable bonds is 4. The molecule has 2 rings (SSSR count). The third-order valence-electron chi connectivity index (χ3n) is 3.41. The van der Waals surface area contributed by atoms with E-state index in [4.69, 9.17) is 0 Å². The fourth-order valence-electron chi connectivity index (χ4n) is 2.31. The van der Waals surface area contributed by atoms with Gasteiger partial charge in [-0.15, -0.1) is 0 Å². The van der Waals surface area contributed by atoms with Crippen molar-refractivity contribution in [1.29, 1.82) is 0 Å². The Morgan fingerprint density at radius 2 is 1.89 bits per heavy atom. The van der Waals surface area contributed by atoms with Gasteiger partial charge in [0.2, 0.25) is 0 Å². The standard InChI is InChI=1S/C17H19BrO/c1-3-6-13-7-4-8-14(11-13)17(19)15-9-5-10-16(18)12(15)2/h4-5,7-11,17,19H,3,6H2,1-2H3. The summed E-state index contributed by atoms with van der Waals surface area (Å²) in [5, 5.41) is 10.6. The Morgan fingerprint density at radius 1 is 1.16 bits per heavy atom. The molecule has 0 spiro atoms. The van der Waals surface area contributed by atoms with E-state index >= 15 is 0 Å². The van der Waals surface area contributed by atoms with E-state index in [2.05, 4.69) is 35.0 Å². The van der Waals surface area contributed by atoms with Crippen molar-refractivity contribution in [3.05, 3.63) is 69.2 Å². The van der Waals surface area contributed by atoms with Crippen LogP contribution in [-0.2, 0) is 6.42 Å². The van der Waals surface area contributed by atoms with Gasteiger partial charge in [-0.25, -0.2) is 0 Å². The zero-order valence-corrected chi connectivity index (χ0v) is 12.9. The topological polar surface area (TPSA) is 20.2 Å². The van der Waals surface area contributed by atoms with Crippen molar-refractivity contribution >= 4 is 15.9 Å². The van der Waals surface area contributed by atoms with Crippen LogP contribution in [0.5, 0.6) is 0 Å². The number of aliphatic hydroxyl groups is 1. The van der Waals surface area contributed by atoms with Crippen molar-refractivity contribution in [3.63, 3.8) is 0 Å². The van der Waals surface area contributed by atoms with Crippen LogP contribution in [0.1, 0.15) is 41.7 Å². The molecule has 0 aromatic heterocycles. The van der Waals surface area contributed by atoms with Crippen LogP contribution in [-0.4, -0.2) is 5.11 Å². The molecule has 0 saturated heterocycles. The normalized spacial score (nSPS) is 12.4. The summed E-state index contributed by atoms with van der Waals surface area (Å²) in [5.74, 6) is 0. The van der Waals surface area contributed by atoms with Crippen LogP contribution in [0.3, 0.4) is 0 Å². The van der Waals surface area contributed by atoms with Gasteiger partial charge in [-0.2, -0.15) is 0 Å². The summed E-state index contributed by atoms with van der Waals surface area (Å²) in [6.45, 7) is 4.19. The van der Waals surface area contributed by atoms with Gasteiger partial charge < -0.3 is 5.11 Å². The van der Waals surface area contributed by atoms with Crippen molar-refractivity contribution in [3.8, 4) is 0 Å². The second-order valence-corrected chi connectivity index (χ2v) is 5.71. The molecule has 1 nitrogen and oxygen atoms in total. The van der Waals surface area contributed by atoms with Gasteiger partial charge in [-0.1, -0.05) is 65.7 Å². The molecular formula is C17H19BrO. The molecule has 0 fully saturated rings. The Hall–Kier alpha value is -1.12. The van der Waals surface area contributed by atoms with Gasteiger partial charge in [0, 0.05) is 4.47 Å². The van der Waals surface area contributed by atoms with Crippen molar-refractivity contribution in [1.82, 2.24) is 0 Å². The Morgan fingerprint density at radius 3 is 2.63 bits per heavy atom. The highest BCUT2D eigenvalue weighted by atomic mass is 79.9. The molecule has 0 aliphatic carbocycles. The Kier molecular flexibility index (Phi) is 4.78. The second kappa shape index (κ2) is 6.36. The van der Waals surface area contributed by atoms with E-state index in [0.29, 0.717) is 0 Å². The summed E-state index contributed by atoms with van der Waals surface area (Å²) in [4.78, 5) is 0. The molecule has 1 unspecified atom stereocenters. The first-order chi connectivity index (χ1) is 9.13. The summed E-state index contributed by atoms with van der Waals surface area (Å²) in [6, 6.07) is 14.2. The maximum absolute atomic E-state index is 10.6. The average molecular weight is 319 g/mol. The Labute approximate surface area is 123 Å². The molecule has 0 heterocycles. The quantitative estimate of drug-likeness (QED) is 0.859. The lowest BCUT2D eigenvalue weighted by Crippen LogP contribution is -2.03. The molecule has 0 aliphatic heterocycles. The van der Waals surface area contributed by atoms with E-state index < -0.39 is 6.10 Å². The monoisotopic (exact) mass is 318 g/mol. The predicted molar refractivity (Wildman–Crippen MR) is 83.4 cm³/mol. The first kappa shape index (κ1) is 14.3. The van der Waals surface area contributed by atoms with Crippen LogP contribution in [0.25, 0.3) is 0 Å². The highest BCUT2D eigenvalue weighted by molar-refractivity contribution is 9.10. The van der Waals surface area contributed by atoms with E-state index in [1.807, 2.05) is 37.3 Å². The Balaban J connectivity index is 2.35. The van der Waals surface area contributed by atoms with Gasteiger partial charge in [0.1, 0.15) is 6.10 Å². The molecule has 19 heavy (non-hydrogen) atoms. The van der Waals surface area contributed by atoms with E-state index in [1.165, 1.54) is 5.56 Å². The minimum absolute atomic E-state index is 0.561. The fraction of sp³-hybridized carbons (Fsp3) is 0.294. The van der Waals surface area contributed by atoms with Gasteiger partial charge in [-0.05, 0) is 41.7 Å². The van der Waals surface area contributed by atoms with Crippen LogP contribution < -0.4 is 0 Å². The Bertz CT molecular complexity index is 563. The van der Waals surface area contributed by atoms with Crippen LogP contribution in [0.4, 0.5) is 0 Å². The fourth-order valence-corrected chi connectivity index (χ4v) is 2.69. The molecule has 2 aromatic rings. The van der Waals surface area contributed by atoms with E-state index in [9.17, 15) is 5.11 Å². The molecule has 0 bridgehead atoms. The van der Waals surface area contributed by atoms with E-state index in [1.54, 1.807) is 0 Å². The summed E-state index contributed by atoms with van der Waals surface area (Å²) in [7, 11) is 0. The lowest BCUT2D eigenvalue weighted by molar-refractivity contribution is 0.219. The molecule has 0 radical (unpaired) electrons. The van der Waals surface area contributed by atoms with Gasteiger partial charge in [0.15, 0.2) is 0 Å². The van der Waals surface area contributed by atoms with Gasteiger partial charge in [0.25, 0.3) is 0 Å². The molecule has 1 N–H and O–H groups in total. The number of halogens is 1. The van der Waals surface area contributed by atoms with Gasteiger partial charge in [0.05, 0.1) is 0 Å². The predicted octanol–water partition coefficient (Wildman–Crippen LogP) is 4.79. The van der Waals surface area contributed by atoms with Crippen LogP contribution >= 0.6 is 15.9 Å². The largest absolute Gasteiger partial charge is 0.384 e. The van der Waals surface area contributed by atoms with Crippen LogP contribution in [0.2, 0.25) is 0 Å². The maximum Gasteiger partial charge on any atom is 0.104 e. The van der Waals surface area contributed by atoms with Crippen molar-refractivity contribution < 1.29 is 5.11 Å². The molecule has 1 atom stereocenters. The van der Waals surface area contributed by atoms with Crippen LogP contribution in [0.15, 0.2) is 46.9 Å². The first-order valence-electron chi connectivity index (χ1n) is 6.65. The smallest absolute Gasteiger partial charge is 0.104 e. The van der Waals surface area contributed by atoms with E-state index in [0.717, 1.165) is 34.0 Å². The molecule has 2 aromatic carbocycles. The summed E-state index contributed by atoms with van der Waals surface area (Å²) >= 11 is 3.52. The zero-order valence-electron chi connectivity index (χ0n) is 11.4. The third-order valence-corrected chi connectivity index (χ3v) is 4.27. The zero-order chi connectivity index (χ0) is 13.8. The highest BCUT2D eigenvalue weighted by Crippen LogP contribution is 2.29. The van der Waals surface area contributed by atoms with Gasteiger partial charge >= 0.3 is 0 Å². The number of aliphatic hydroxyl groups excluding tert-OH is 1. The average Bonchev–Trinajstić information content (AvgIpc) is 2.42. The minimum atomic E-state index is -0.561. The van der Waals surface area contributed by atoms with Crippen molar-refractivity contribution in [2.45, 2.75) is 32.8 Å². The molecule has 0 amide bonds. The van der Waals surface area contributed by atoms with E-state index in [-0.39, 0.29) is 0 Å². The maximum atomic E-state index is 10.6. The van der Waals surface area contributed by atoms with Gasteiger partial charge in [-0.3, -0.25) is 0 Å². The third kappa shape index (κ3) is 3.26. The number of hydrogen-bond acceptors (Lipinski definition) is 1. The summed E-state index contributed by atoms with van der Waals surface area (Å²) in [5.41, 5.74) is 4.30. The molecule has 100 valence electrons. The molecule has 2 heteroatoms. The minimum Gasteiger partial charge on any atom is -0.384 e. The summed E-state index contributed by atoms with van der Waals surface area (Å²) < 4.78 is 1.04. The SMILES string of the molecule is CCCc1cccc(C(O)c2cccc(Br)c2C)c1. The summed E-state index contributed by atoms with van der Waals surface area (Å²) in [6.07, 6.45) is 1.61. The molecule has 0 aliphatic rings. The number of aryl methyl sites for hydroxylation is 1. The first-order valence-corrected chi connectivity index (χ1v) is 7.44. The molecular weight excluding hydrogens is 300 g/mol. The number of hydrogen-bond donors (Lipinski definition) is 1. The van der Waals surface area contributed by atoms with Crippen molar-refractivity contribution in [2.75, 3.05) is 0 Å². The van der Waals surface area contributed by atoms with Crippen molar-refractivity contribution in [2.24, 2.45) is 0 Å². The second-order valence-electron chi connectivity index (χ2n) is 4.85. The lowest BCUT2D eigenvalue weighted by Gasteiger charge is -2.16.